The quantitative estimate of drug-likeness (QED) is 0.864. The maximum Gasteiger partial charge on any atom is 0.255 e. The molecule has 140 valence electrons. The van der Waals surface area contributed by atoms with Gasteiger partial charge in [0, 0.05) is 26.3 Å². The molecule has 0 aliphatic carbocycles. The monoisotopic (exact) mass is 366 g/mol. The lowest BCUT2D eigenvalue weighted by atomic mass is 9.76. The predicted octanol–water partition coefficient (Wildman–Crippen LogP) is 1.26. The molecule has 7 heteroatoms. The third-order valence-electron chi connectivity index (χ3n) is 5.66. The van der Waals surface area contributed by atoms with Gasteiger partial charge in [-0.3, -0.25) is 9.59 Å². The van der Waals surface area contributed by atoms with E-state index in [4.69, 9.17) is 10.5 Å². The number of amides is 2. The van der Waals surface area contributed by atoms with Crippen molar-refractivity contribution in [3.63, 3.8) is 0 Å². The smallest absolute Gasteiger partial charge is 0.255 e. The molecule has 2 amide bonds. The lowest BCUT2D eigenvalue weighted by molar-refractivity contribution is -0.180. The van der Waals surface area contributed by atoms with E-state index in [0.717, 1.165) is 5.56 Å². The molecular weight excluding hydrogens is 344 g/mol. The number of hydrogen-bond donors (Lipinski definition) is 1. The van der Waals surface area contributed by atoms with Crippen LogP contribution in [-0.2, 0) is 15.1 Å². The van der Waals surface area contributed by atoms with E-state index in [-0.39, 0.29) is 24.5 Å². The van der Waals surface area contributed by atoms with Gasteiger partial charge in [-0.05, 0) is 24.1 Å². The van der Waals surface area contributed by atoms with Gasteiger partial charge in [0.05, 0.1) is 11.1 Å². The Hall–Kier alpha value is -2.93. The van der Waals surface area contributed by atoms with Crippen molar-refractivity contribution in [3.8, 4) is 0 Å². The van der Waals surface area contributed by atoms with Gasteiger partial charge in [-0.1, -0.05) is 30.3 Å². The Balaban J connectivity index is 1.64. The molecule has 2 saturated heterocycles. The number of nitrogens with zero attached hydrogens (tertiary/aromatic N) is 3. The van der Waals surface area contributed by atoms with Crippen molar-refractivity contribution in [2.75, 3.05) is 32.5 Å². The second-order valence-corrected chi connectivity index (χ2v) is 7.02. The minimum Gasteiger partial charge on any atom is -0.384 e. The van der Waals surface area contributed by atoms with Gasteiger partial charge < -0.3 is 20.3 Å². The Bertz CT molecular complexity index is 855. The molecule has 27 heavy (non-hydrogen) atoms. The number of hydrogen-bond acceptors (Lipinski definition) is 5. The van der Waals surface area contributed by atoms with Gasteiger partial charge in [0.25, 0.3) is 5.91 Å². The lowest BCUT2D eigenvalue weighted by Crippen LogP contribution is -2.67. The molecule has 2 fully saturated rings. The normalized spacial score (nSPS) is 25.2. The van der Waals surface area contributed by atoms with Crippen LogP contribution < -0.4 is 5.73 Å². The van der Waals surface area contributed by atoms with Crippen molar-refractivity contribution >= 4 is 17.6 Å². The minimum atomic E-state index is -0.563. The highest BCUT2D eigenvalue weighted by Gasteiger charge is 2.53. The zero-order valence-corrected chi connectivity index (χ0v) is 15.2. The molecule has 2 atom stereocenters. The maximum absolute atomic E-state index is 12.9. The standard InChI is InChI=1S/C20H22N4O3/c1-23-18(25)13-27-16-12-24(19(26)14-7-8-17(21)22-11-14)10-9-20(16,23)15-5-3-2-4-6-15/h2-8,11,16H,9-10,12-13H2,1H3,(H2,21,22)/t16-,20+/m1/s1. The third-order valence-corrected chi connectivity index (χ3v) is 5.66. The molecule has 0 spiro atoms. The summed E-state index contributed by atoms with van der Waals surface area (Å²) < 4.78 is 5.94. The molecular formula is C20H22N4O3. The fourth-order valence-electron chi connectivity index (χ4n) is 4.12. The zero-order valence-electron chi connectivity index (χ0n) is 15.2. The van der Waals surface area contributed by atoms with Crippen LogP contribution in [0.5, 0.6) is 0 Å². The Morgan fingerprint density at radius 2 is 2.04 bits per heavy atom. The Kier molecular flexibility index (Phi) is 4.31. The molecule has 4 rings (SSSR count). The van der Waals surface area contributed by atoms with Gasteiger partial charge in [0.2, 0.25) is 5.91 Å². The van der Waals surface area contributed by atoms with Crippen molar-refractivity contribution in [2.45, 2.75) is 18.1 Å². The molecule has 1 aromatic heterocycles. The van der Waals surface area contributed by atoms with Gasteiger partial charge in [0.1, 0.15) is 18.5 Å². The number of aromatic nitrogens is 1. The summed E-state index contributed by atoms with van der Waals surface area (Å²) in [5.41, 5.74) is 6.58. The number of nitrogen functional groups attached to an aromatic ring is 1. The zero-order chi connectivity index (χ0) is 19.0. The van der Waals surface area contributed by atoms with Gasteiger partial charge in [-0.15, -0.1) is 0 Å². The van der Waals surface area contributed by atoms with E-state index in [2.05, 4.69) is 4.98 Å². The highest BCUT2D eigenvalue weighted by molar-refractivity contribution is 5.94. The average molecular weight is 366 g/mol. The van der Waals surface area contributed by atoms with Crippen LogP contribution in [-0.4, -0.2) is 59.4 Å². The summed E-state index contributed by atoms with van der Waals surface area (Å²) in [7, 11) is 1.83. The number of likely N-dealkylation sites (N-methyl/N-ethyl adjacent to an activating group) is 1. The van der Waals surface area contributed by atoms with Gasteiger partial charge >= 0.3 is 0 Å². The average Bonchev–Trinajstić information content (AvgIpc) is 2.71. The number of carbonyl (C=O) groups excluding carboxylic acids is 2. The second kappa shape index (κ2) is 6.66. The van der Waals surface area contributed by atoms with Crippen LogP contribution in [0.15, 0.2) is 48.7 Å². The number of piperidine rings is 1. The van der Waals surface area contributed by atoms with Crippen LogP contribution >= 0.6 is 0 Å². The van der Waals surface area contributed by atoms with Crippen molar-refractivity contribution in [1.29, 1.82) is 0 Å². The van der Waals surface area contributed by atoms with E-state index in [9.17, 15) is 9.59 Å². The molecule has 0 radical (unpaired) electrons. The van der Waals surface area contributed by atoms with Crippen molar-refractivity contribution in [1.82, 2.24) is 14.8 Å². The Labute approximate surface area is 157 Å². The Morgan fingerprint density at radius 3 is 2.74 bits per heavy atom. The molecule has 0 bridgehead atoms. The number of fused-ring (bicyclic) bond motifs is 1. The summed E-state index contributed by atoms with van der Waals surface area (Å²) in [5.74, 6) is 0.231. The minimum absolute atomic E-state index is 0.0290. The van der Waals surface area contributed by atoms with Crippen LogP contribution in [0.1, 0.15) is 22.3 Å². The first kappa shape index (κ1) is 17.5. The lowest BCUT2D eigenvalue weighted by Gasteiger charge is -2.54. The van der Waals surface area contributed by atoms with Crippen LogP contribution in [0.25, 0.3) is 0 Å². The largest absolute Gasteiger partial charge is 0.384 e. The molecule has 3 heterocycles. The van der Waals surface area contributed by atoms with Crippen molar-refractivity contribution < 1.29 is 14.3 Å². The number of nitrogens with two attached hydrogens (primary N) is 1. The predicted molar refractivity (Wildman–Crippen MR) is 99.8 cm³/mol. The van der Waals surface area contributed by atoms with Crippen LogP contribution in [0, 0.1) is 0 Å². The first-order valence-corrected chi connectivity index (χ1v) is 8.97. The van der Waals surface area contributed by atoms with Crippen molar-refractivity contribution in [2.24, 2.45) is 0 Å². The molecule has 0 saturated carbocycles. The molecule has 2 aromatic rings. The third kappa shape index (κ3) is 2.84. The van der Waals surface area contributed by atoms with E-state index >= 15 is 0 Å². The van der Waals surface area contributed by atoms with E-state index < -0.39 is 5.54 Å². The van der Waals surface area contributed by atoms with Crippen LogP contribution in [0.2, 0.25) is 0 Å². The summed E-state index contributed by atoms with van der Waals surface area (Å²) in [6.45, 7) is 0.965. The van der Waals surface area contributed by atoms with Gasteiger partial charge in [-0.25, -0.2) is 4.98 Å². The van der Waals surface area contributed by atoms with E-state index in [0.29, 0.717) is 30.9 Å². The van der Waals surface area contributed by atoms with E-state index in [1.165, 1.54) is 6.20 Å². The highest BCUT2D eigenvalue weighted by Crippen LogP contribution is 2.42. The number of rotatable bonds is 2. The summed E-state index contributed by atoms with van der Waals surface area (Å²) in [6.07, 6.45) is 1.81. The molecule has 2 N–H and O–H groups in total. The summed E-state index contributed by atoms with van der Waals surface area (Å²) in [4.78, 5) is 32.8. The van der Waals surface area contributed by atoms with Gasteiger partial charge in [0.15, 0.2) is 0 Å². The summed E-state index contributed by atoms with van der Waals surface area (Å²) in [5, 5.41) is 0. The summed E-state index contributed by atoms with van der Waals surface area (Å²) >= 11 is 0. The SMILES string of the molecule is CN1C(=O)CO[C@@H]2CN(C(=O)c3ccc(N)nc3)CC[C@]21c1ccccc1. The number of benzene rings is 1. The van der Waals surface area contributed by atoms with Crippen LogP contribution in [0.3, 0.4) is 0 Å². The number of carbonyl (C=O) groups is 2. The van der Waals surface area contributed by atoms with Crippen LogP contribution in [0.4, 0.5) is 5.82 Å². The number of likely N-dealkylation sites (tertiary alicyclic amines) is 1. The number of anilines is 1. The van der Waals surface area contributed by atoms with Gasteiger partial charge in [-0.2, -0.15) is 0 Å². The molecule has 2 aliphatic heterocycles. The van der Waals surface area contributed by atoms with Crippen molar-refractivity contribution in [3.05, 3.63) is 59.8 Å². The number of morpholine rings is 1. The second-order valence-electron chi connectivity index (χ2n) is 7.02. The number of pyridine rings is 1. The van der Waals surface area contributed by atoms with E-state index in [1.54, 1.807) is 21.9 Å². The maximum atomic E-state index is 12.9. The number of ether oxygens (including phenoxy) is 1. The first-order chi connectivity index (χ1) is 13.0. The molecule has 7 nitrogen and oxygen atoms in total. The highest BCUT2D eigenvalue weighted by atomic mass is 16.5. The Morgan fingerprint density at radius 1 is 1.26 bits per heavy atom. The van der Waals surface area contributed by atoms with E-state index in [1.807, 2.05) is 37.4 Å². The fourth-order valence-corrected chi connectivity index (χ4v) is 4.12. The molecule has 1 aromatic carbocycles. The first-order valence-electron chi connectivity index (χ1n) is 8.97. The molecule has 0 unspecified atom stereocenters. The molecule has 2 aliphatic rings. The topological polar surface area (TPSA) is 88.8 Å². The summed E-state index contributed by atoms with van der Waals surface area (Å²) in [6, 6.07) is 13.2. The fraction of sp³-hybridized carbons (Fsp3) is 0.350.